The molecule has 0 saturated carbocycles. The molecule has 5 nitrogen and oxygen atoms in total. The van der Waals surface area contributed by atoms with Crippen molar-refractivity contribution in [1.82, 2.24) is 4.98 Å². The first-order chi connectivity index (χ1) is 10.0. The molecule has 2 rings (SSSR count). The first-order valence-electron chi connectivity index (χ1n) is 6.74. The number of aryl methyl sites for hydroxylation is 1. The smallest absolute Gasteiger partial charge is 0.230 e. The monoisotopic (exact) mass is 285 g/mol. The van der Waals surface area contributed by atoms with Crippen LogP contribution in [0.4, 0.5) is 0 Å². The number of oxime groups is 1. The number of rotatable bonds is 4. The maximum Gasteiger partial charge on any atom is 0.230 e. The van der Waals surface area contributed by atoms with E-state index in [2.05, 4.69) is 30.1 Å². The number of pyridine rings is 1. The molecular weight excluding hydrogens is 266 g/mol. The maximum atomic E-state index is 8.83. The second kappa shape index (κ2) is 6.26. The summed E-state index contributed by atoms with van der Waals surface area (Å²) < 4.78 is 5.87. The molecule has 0 unspecified atom stereocenters. The summed E-state index contributed by atoms with van der Waals surface area (Å²) in [5.41, 5.74) is 8.27. The maximum absolute atomic E-state index is 8.83. The van der Waals surface area contributed by atoms with Crippen molar-refractivity contribution < 1.29 is 9.94 Å². The largest absolute Gasteiger partial charge is 0.438 e. The Morgan fingerprint density at radius 2 is 2.10 bits per heavy atom. The fraction of sp³-hybridized carbons (Fsp3) is 0.250. The summed E-state index contributed by atoms with van der Waals surface area (Å²) in [4.78, 5) is 4.16. The van der Waals surface area contributed by atoms with E-state index < -0.39 is 0 Å². The van der Waals surface area contributed by atoms with Crippen LogP contribution in [0.3, 0.4) is 0 Å². The standard InChI is InChI=1S/C16H19N3O2/c1-10(2)12-7-6-11(3)14(9-12)21-16-13(15(17)19-20)5-4-8-18-16/h4-10,20H,1-3H3,(H2,17,19). The van der Waals surface area contributed by atoms with E-state index in [0.717, 1.165) is 5.56 Å². The topological polar surface area (TPSA) is 80.7 Å². The van der Waals surface area contributed by atoms with Crippen molar-refractivity contribution >= 4 is 5.84 Å². The van der Waals surface area contributed by atoms with Crippen LogP contribution < -0.4 is 10.5 Å². The molecule has 1 heterocycles. The number of nitrogens with two attached hydrogens (primary N) is 1. The van der Waals surface area contributed by atoms with Crippen LogP contribution in [0.25, 0.3) is 0 Å². The van der Waals surface area contributed by atoms with Crippen molar-refractivity contribution in [2.24, 2.45) is 10.9 Å². The summed E-state index contributed by atoms with van der Waals surface area (Å²) in [5.74, 6) is 1.40. The molecule has 0 atom stereocenters. The molecule has 0 amide bonds. The van der Waals surface area contributed by atoms with Gasteiger partial charge in [0.25, 0.3) is 0 Å². The van der Waals surface area contributed by atoms with E-state index in [0.29, 0.717) is 23.1 Å². The minimum atomic E-state index is -0.0317. The zero-order chi connectivity index (χ0) is 15.4. The minimum Gasteiger partial charge on any atom is -0.438 e. The summed E-state index contributed by atoms with van der Waals surface area (Å²) in [5, 5.41) is 11.8. The fourth-order valence-electron chi connectivity index (χ4n) is 1.91. The SMILES string of the molecule is Cc1ccc(C(C)C)cc1Oc1ncccc1/C(N)=N/O. The summed E-state index contributed by atoms with van der Waals surface area (Å²) >= 11 is 0. The third-order valence-electron chi connectivity index (χ3n) is 3.24. The fourth-order valence-corrected chi connectivity index (χ4v) is 1.91. The number of aromatic nitrogens is 1. The van der Waals surface area contributed by atoms with Gasteiger partial charge in [0.15, 0.2) is 5.84 Å². The van der Waals surface area contributed by atoms with Crippen LogP contribution in [0.5, 0.6) is 11.6 Å². The Kier molecular flexibility index (Phi) is 4.42. The molecule has 3 N–H and O–H groups in total. The zero-order valence-electron chi connectivity index (χ0n) is 12.4. The number of hydrogen-bond acceptors (Lipinski definition) is 4. The predicted molar refractivity (Wildman–Crippen MR) is 82.1 cm³/mol. The van der Waals surface area contributed by atoms with Crippen molar-refractivity contribution in [3.63, 3.8) is 0 Å². The van der Waals surface area contributed by atoms with Crippen molar-refractivity contribution in [1.29, 1.82) is 0 Å². The van der Waals surface area contributed by atoms with Gasteiger partial charge in [0.05, 0.1) is 5.56 Å². The molecule has 0 fully saturated rings. The van der Waals surface area contributed by atoms with E-state index in [1.165, 1.54) is 5.56 Å². The Hall–Kier alpha value is -2.56. The normalized spacial score (nSPS) is 11.7. The van der Waals surface area contributed by atoms with Gasteiger partial charge in [-0.3, -0.25) is 0 Å². The number of amidine groups is 1. The van der Waals surface area contributed by atoms with Gasteiger partial charge in [-0.2, -0.15) is 0 Å². The van der Waals surface area contributed by atoms with Crippen LogP contribution in [0.2, 0.25) is 0 Å². The van der Waals surface area contributed by atoms with Crippen molar-refractivity contribution in [3.05, 3.63) is 53.2 Å². The lowest BCUT2D eigenvalue weighted by Gasteiger charge is -2.13. The average Bonchev–Trinajstić information content (AvgIpc) is 2.49. The first kappa shape index (κ1) is 14.8. The van der Waals surface area contributed by atoms with Gasteiger partial charge < -0.3 is 15.7 Å². The van der Waals surface area contributed by atoms with E-state index in [9.17, 15) is 0 Å². The van der Waals surface area contributed by atoms with Crippen LogP contribution in [-0.2, 0) is 0 Å². The lowest BCUT2D eigenvalue weighted by atomic mass is 10.0. The van der Waals surface area contributed by atoms with Gasteiger partial charge >= 0.3 is 0 Å². The number of benzene rings is 1. The lowest BCUT2D eigenvalue weighted by Crippen LogP contribution is -2.14. The molecule has 110 valence electrons. The molecule has 0 radical (unpaired) electrons. The van der Waals surface area contributed by atoms with Gasteiger partial charge in [0.2, 0.25) is 5.88 Å². The summed E-state index contributed by atoms with van der Waals surface area (Å²) in [7, 11) is 0. The molecule has 2 aromatic rings. The molecule has 21 heavy (non-hydrogen) atoms. The molecule has 5 heteroatoms. The van der Waals surface area contributed by atoms with Crippen molar-refractivity contribution in [2.75, 3.05) is 0 Å². The van der Waals surface area contributed by atoms with E-state index in [4.69, 9.17) is 15.7 Å². The Morgan fingerprint density at radius 1 is 1.33 bits per heavy atom. The quantitative estimate of drug-likeness (QED) is 0.390. The van der Waals surface area contributed by atoms with Gasteiger partial charge in [-0.15, -0.1) is 0 Å². The minimum absolute atomic E-state index is 0.0317. The second-order valence-corrected chi connectivity index (χ2v) is 5.12. The van der Waals surface area contributed by atoms with Crippen LogP contribution in [0.1, 0.15) is 36.5 Å². The van der Waals surface area contributed by atoms with Crippen molar-refractivity contribution in [3.8, 4) is 11.6 Å². The van der Waals surface area contributed by atoms with Crippen LogP contribution in [0, 0.1) is 6.92 Å². The molecular formula is C16H19N3O2. The summed E-state index contributed by atoms with van der Waals surface area (Å²) in [6, 6.07) is 9.48. The highest BCUT2D eigenvalue weighted by molar-refractivity contribution is 5.99. The third-order valence-corrected chi connectivity index (χ3v) is 3.24. The van der Waals surface area contributed by atoms with Crippen LogP contribution in [0.15, 0.2) is 41.7 Å². The van der Waals surface area contributed by atoms with Gasteiger partial charge in [0, 0.05) is 6.20 Å². The third kappa shape index (κ3) is 3.31. The molecule has 0 saturated heterocycles. The van der Waals surface area contributed by atoms with Gasteiger partial charge in [0.1, 0.15) is 5.75 Å². The molecule has 1 aromatic heterocycles. The lowest BCUT2D eigenvalue weighted by molar-refractivity contribution is 0.318. The first-order valence-corrected chi connectivity index (χ1v) is 6.74. The Bertz CT molecular complexity index is 666. The Morgan fingerprint density at radius 3 is 2.76 bits per heavy atom. The highest BCUT2D eigenvalue weighted by atomic mass is 16.5. The molecule has 1 aromatic carbocycles. The summed E-state index contributed by atoms with van der Waals surface area (Å²) in [6.07, 6.45) is 1.60. The highest BCUT2D eigenvalue weighted by Gasteiger charge is 2.12. The summed E-state index contributed by atoms with van der Waals surface area (Å²) in [6.45, 7) is 6.21. The molecule has 0 aliphatic rings. The Balaban J connectivity index is 2.41. The number of ether oxygens (including phenoxy) is 1. The van der Waals surface area contributed by atoms with Crippen LogP contribution in [-0.4, -0.2) is 16.0 Å². The van der Waals surface area contributed by atoms with Crippen molar-refractivity contribution in [2.45, 2.75) is 26.7 Å². The van der Waals surface area contributed by atoms with E-state index in [1.54, 1.807) is 18.3 Å². The number of hydrogen-bond donors (Lipinski definition) is 2. The second-order valence-electron chi connectivity index (χ2n) is 5.12. The van der Waals surface area contributed by atoms with Crippen LogP contribution >= 0.6 is 0 Å². The zero-order valence-corrected chi connectivity index (χ0v) is 12.4. The predicted octanol–water partition coefficient (Wildman–Crippen LogP) is 3.40. The van der Waals surface area contributed by atoms with Gasteiger partial charge in [-0.25, -0.2) is 4.98 Å². The molecule has 0 aliphatic heterocycles. The van der Waals surface area contributed by atoms with E-state index in [1.807, 2.05) is 19.1 Å². The van der Waals surface area contributed by atoms with Gasteiger partial charge in [-0.1, -0.05) is 31.1 Å². The van der Waals surface area contributed by atoms with Gasteiger partial charge in [-0.05, 0) is 42.2 Å². The molecule has 0 spiro atoms. The molecule has 0 aliphatic carbocycles. The average molecular weight is 285 g/mol. The number of nitrogens with zero attached hydrogens (tertiary/aromatic N) is 2. The Labute approximate surface area is 124 Å². The highest BCUT2D eigenvalue weighted by Crippen LogP contribution is 2.29. The molecule has 0 bridgehead atoms. The van der Waals surface area contributed by atoms with E-state index in [-0.39, 0.29) is 5.84 Å². The van der Waals surface area contributed by atoms with E-state index >= 15 is 0 Å².